The summed E-state index contributed by atoms with van der Waals surface area (Å²) in [7, 11) is 0. The van der Waals surface area contributed by atoms with Crippen molar-refractivity contribution >= 4 is 11.6 Å². The predicted molar refractivity (Wildman–Crippen MR) is 56.5 cm³/mol. The highest BCUT2D eigenvalue weighted by Crippen LogP contribution is 2.16. The smallest absolute Gasteiger partial charge is 0.300 e. The lowest BCUT2D eigenvalue weighted by atomic mass is 10.1. The lowest BCUT2D eigenvalue weighted by molar-refractivity contribution is -0.111. The summed E-state index contributed by atoms with van der Waals surface area (Å²) in [5.41, 5.74) is 8.20. The maximum Gasteiger partial charge on any atom is 0.300 e. The largest absolute Gasteiger partial charge is 0.326 e. The van der Waals surface area contributed by atoms with E-state index in [1.807, 2.05) is 25.0 Å². The first-order chi connectivity index (χ1) is 6.67. The Labute approximate surface area is 83.3 Å². The van der Waals surface area contributed by atoms with Crippen LogP contribution in [0.5, 0.6) is 0 Å². The molecule has 0 aromatic heterocycles. The van der Waals surface area contributed by atoms with Gasteiger partial charge in [-0.05, 0) is 24.5 Å². The van der Waals surface area contributed by atoms with Crippen molar-refractivity contribution in [2.75, 3.05) is 5.32 Å². The standard InChI is InChI=1S/C11H12N2O/c1-3-11(14)13-10-5-4-8(2)6-9(10)7-12/h1,4-6H,7,12H2,2H3,(H,13,14). The third-order valence-corrected chi connectivity index (χ3v) is 1.86. The maximum absolute atomic E-state index is 10.9. The summed E-state index contributed by atoms with van der Waals surface area (Å²) in [4.78, 5) is 10.9. The summed E-state index contributed by atoms with van der Waals surface area (Å²) in [6.45, 7) is 2.34. The molecule has 0 aliphatic carbocycles. The molecule has 3 N–H and O–H groups in total. The average Bonchev–Trinajstić information content (AvgIpc) is 2.20. The van der Waals surface area contributed by atoms with Crippen molar-refractivity contribution in [3.8, 4) is 12.3 Å². The molecule has 1 amide bonds. The summed E-state index contributed by atoms with van der Waals surface area (Å²) in [5, 5.41) is 2.58. The highest BCUT2D eigenvalue weighted by atomic mass is 16.1. The van der Waals surface area contributed by atoms with Crippen molar-refractivity contribution in [1.29, 1.82) is 0 Å². The molecule has 1 aromatic rings. The van der Waals surface area contributed by atoms with Gasteiger partial charge in [-0.2, -0.15) is 0 Å². The van der Waals surface area contributed by atoms with E-state index in [4.69, 9.17) is 12.2 Å². The van der Waals surface area contributed by atoms with Gasteiger partial charge in [0, 0.05) is 12.2 Å². The first kappa shape index (κ1) is 10.3. The first-order valence-corrected chi connectivity index (χ1v) is 4.24. The van der Waals surface area contributed by atoms with Gasteiger partial charge < -0.3 is 11.1 Å². The van der Waals surface area contributed by atoms with Crippen LogP contribution in [0, 0.1) is 19.3 Å². The molecular weight excluding hydrogens is 176 g/mol. The molecule has 0 heterocycles. The van der Waals surface area contributed by atoms with Crippen LogP contribution in [0.4, 0.5) is 5.69 Å². The Balaban J connectivity index is 2.97. The molecule has 3 nitrogen and oxygen atoms in total. The molecule has 0 saturated heterocycles. The Hall–Kier alpha value is -1.79. The number of anilines is 1. The highest BCUT2D eigenvalue weighted by Gasteiger charge is 2.03. The van der Waals surface area contributed by atoms with E-state index in [1.165, 1.54) is 0 Å². The molecule has 0 bridgehead atoms. The van der Waals surface area contributed by atoms with Crippen LogP contribution in [0.2, 0.25) is 0 Å². The molecule has 0 saturated carbocycles. The van der Waals surface area contributed by atoms with Gasteiger partial charge in [-0.25, -0.2) is 0 Å². The molecule has 0 aliphatic rings. The summed E-state index contributed by atoms with van der Waals surface area (Å²) in [5.74, 6) is 1.53. The van der Waals surface area contributed by atoms with E-state index in [0.29, 0.717) is 12.2 Å². The molecule has 14 heavy (non-hydrogen) atoms. The monoisotopic (exact) mass is 188 g/mol. The normalized spacial score (nSPS) is 9.21. The number of amides is 1. The number of hydrogen-bond acceptors (Lipinski definition) is 2. The fraction of sp³-hybridized carbons (Fsp3) is 0.182. The second-order valence-electron chi connectivity index (χ2n) is 2.96. The second-order valence-corrected chi connectivity index (χ2v) is 2.96. The van der Waals surface area contributed by atoms with Crippen LogP contribution < -0.4 is 11.1 Å². The number of rotatable bonds is 2. The fourth-order valence-electron chi connectivity index (χ4n) is 1.17. The van der Waals surface area contributed by atoms with Crippen molar-refractivity contribution < 1.29 is 4.79 Å². The summed E-state index contributed by atoms with van der Waals surface area (Å²) >= 11 is 0. The second kappa shape index (κ2) is 4.45. The molecule has 3 heteroatoms. The number of terminal acetylenes is 1. The Morgan fingerprint density at radius 1 is 1.64 bits per heavy atom. The van der Waals surface area contributed by atoms with E-state index in [0.717, 1.165) is 11.1 Å². The van der Waals surface area contributed by atoms with Crippen molar-refractivity contribution in [2.24, 2.45) is 5.73 Å². The molecule has 0 spiro atoms. The van der Waals surface area contributed by atoms with Gasteiger partial charge in [0.15, 0.2) is 0 Å². The Bertz CT molecular complexity index is 391. The predicted octanol–water partition coefficient (Wildman–Crippen LogP) is 1.03. The number of aryl methyl sites for hydroxylation is 1. The van der Waals surface area contributed by atoms with Gasteiger partial charge in [-0.15, -0.1) is 6.42 Å². The topological polar surface area (TPSA) is 55.1 Å². The van der Waals surface area contributed by atoms with Crippen LogP contribution in [0.15, 0.2) is 18.2 Å². The quantitative estimate of drug-likeness (QED) is 0.681. The molecule has 0 fully saturated rings. The zero-order valence-corrected chi connectivity index (χ0v) is 8.00. The van der Waals surface area contributed by atoms with E-state index in [9.17, 15) is 4.79 Å². The van der Waals surface area contributed by atoms with Crippen molar-refractivity contribution in [1.82, 2.24) is 0 Å². The first-order valence-electron chi connectivity index (χ1n) is 4.24. The minimum Gasteiger partial charge on any atom is -0.326 e. The van der Waals surface area contributed by atoms with Crippen LogP contribution in [0.3, 0.4) is 0 Å². The van der Waals surface area contributed by atoms with E-state index < -0.39 is 5.91 Å². The SMILES string of the molecule is C#CC(=O)Nc1ccc(C)cc1CN. The van der Waals surface area contributed by atoms with Crippen LogP contribution in [-0.4, -0.2) is 5.91 Å². The molecule has 0 radical (unpaired) electrons. The number of nitrogens with two attached hydrogens (primary N) is 1. The molecule has 0 atom stereocenters. The molecule has 1 aromatic carbocycles. The number of nitrogens with one attached hydrogen (secondary N) is 1. The van der Waals surface area contributed by atoms with E-state index in [1.54, 1.807) is 6.07 Å². The van der Waals surface area contributed by atoms with Crippen LogP contribution in [0.1, 0.15) is 11.1 Å². The minimum atomic E-state index is -0.455. The lowest BCUT2D eigenvalue weighted by Crippen LogP contribution is -2.11. The van der Waals surface area contributed by atoms with Crippen molar-refractivity contribution in [2.45, 2.75) is 13.5 Å². The number of hydrogen-bond donors (Lipinski definition) is 2. The number of benzene rings is 1. The van der Waals surface area contributed by atoms with Gasteiger partial charge in [0.05, 0.1) is 0 Å². The van der Waals surface area contributed by atoms with Crippen molar-refractivity contribution in [3.63, 3.8) is 0 Å². The van der Waals surface area contributed by atoms with Crippen molar-refractivity contribution in [3.05, 3.63) is 29.3 Å². The third kappa shape index (κ3) is 2.35. The lowest BCUT2D eigenvalue weighted by Gasteiger charge is -2.08. The van der Waals surface area contributed by atoms with Gasteiger partial charge in [0.25, 0.3) is 5.91 Å². The number of carbonyl (C=O) groups is 1. The fourth-order valence-corrected chi connectivity index (χ4v) is 1.17. The zero-order valence-electron chi connectivity index (χ0n) is 8.00. The molecular formula is C11H12N2O. The molecule has 72 valence electrons. The maximum atomic E-state index is 10.9. The third-order valence-electron chi connectivity index (χ3n) is 1.86. The Morgan fingerprint density at radius 3 is 2.93 bits per heavy atom. The zero-order chi connectivity index (χ0) is 10.6. The van der Waals surface area contributed by atoms with Gasteiger partial charge >= 0.3 is 0 Å². The minimum absolute atomic E-state index is 0.377. The molecule has 0 aliphatic heterocycles. The van der Waals surface area contributed by atoms with E-state index in [2.05, 4.69) is 5.32 Å². The van der Waals surface area contributed by atoms with Crippen LogP contribution in [0.25, 0.3) is 0 Å². The Kier molecular flexibility index (Phi) is 3.27. The molecule has 1 rings (SSSR count). The van der Waals surface area contributed by atoms with Gasteiger partial charge in [-0.3, -0.25) is 4.79 Å². The highest BCUT2D eigenvalue weighted by molar-refractivity contribution is 6.03. The van der Waals surface area contributed by atoms with Gasteiger partial charge in [-0.1, -0.05) is 17.7 Å². The van der Waals surface area contributed by atoms with E-state index in [-0.39, 0.29) is 0 Å². The summed E-state index contributed by atoms with van der Waals surface area (Å²) < 4.78 is 0. The van der Waals surface area contributed by atoms with Gasteiger partial charge in [0.1, 0.15) is 0 Å². The Morgan fingerprint density at radius 2 is 2.36 bits per heavy atom. The van der Waals surface area contributed by atoms with Gasteiger partial charge in [0.2, 0.25) is 0 Å². The summed E-state index contributed by atoms with van der Waals surface area (Å²) in [6, 6.07) is 5.62. The summed E-state index contributed by atoms with van der Waals surface area (Å²) in [6.07, 6.45) is 4.95. The van der Waals surface area contributed by atoms with E-state index >= 15 is 0 Å². The average molecular weight is 188 g/mol. The van der Waals surface area contributed by atoms with Crippen LogP contribution in [-0.2, 0) is 11.3 Å². The molecule has 0 unspecified atom stereocenters. The number of carbonyl (C=O) groups excluding carboxylic acids is 1. The van der Waals surface area contributed by atoms with Crippen LogP contribution >= 0.6 is 0 Å².